The monoisotopic (exact) mass is 264 g/mol. The molecule has 98 valence electrons. The van der Waals surface area contributed by atoms with Gasteiger partial charge in [-0.2, -0.15) is 5.10 Å². The molecular formula is C15H12N4O. The van der Waals surface area contributed by atoms with Crippen molar-refractivity contribution in [3.05, 3.63) is 54.6 Å². The Hall–Kier alpha value is -2.66. The lowest BCUT2D eigenvalue weighted by Crippen LogP contribution is -2.04. The smallest absolute Gasteiger partial charge is 0.153 e. The first-order valence-electron chi connectivity index (χ1n) is 6.37. The molecule has 0 saturated heterocycles. The Labute approximate surface area is 114 Å². The normalized spacial score (nSPS) is 11.4. The van der Waals surface area contributed by atoms with Crippen molar-refractivity contribution in [3.63, 3.8) is 0 Å². The summed E-state index contributed by atoms with van der Waals surface area (Å²) in [5.74, 6) is 0. The number of rotatable bonds is 2. The second kappa shape index (κ2) is 4.18. The maximum absolute atomic E-state index is 5.70. The van der Waals surface area contributed by atoms with Crippen molar-refractivity contribution in [3.8, 4) is 11.3 Å². The molecule has 0 amide bonds. The number of fused-ring (bicyclic) bond motifs is 2. The number of furan rings is 1. The van der Waals surface area contributed by atoms with Gasteiger partial charge in [-0.05, 0) is 18.2 Å². The predicted octanol–water partition coefficient (Wildman–Crippen LogP) is 2.60. The van der Waals surface area contributed by atoms with Gasteiger partial charge >= 0.3 is 0 Å². The van der Waals surface area contributed by atoms with E-state index in [1.165, 1.54) is 0 Å². The highest BCUT2D eigenvalue weighted by Gasteiger charge is 2.11. The number of hydrogen-bond acceptors (Lipinski definition) is 4. The fourth-order valence-corrected chi connectivity index (χ4v) is 2.38. The van der Waals surface area contributed by atoms with Crippen molar-refractivity contribution in [2.24, 2.45) is 5.73 Å². The largest absolute Gasteiger partial charge is 0.464 e. The summed E-state index contributed by atoms with van der Waals surface area (Å²) in [7, 11) is 0. The van der Waals surface area contributed by atoms with Gasteiger partial charge in [-0.3, -0.25) is 0 Å². The average Bonchev–Trinajstić information content (AvgIpc) is 3.10. The first kappa shape index (κ1) is 11.2. The molecule has 2 N–H and O–H groups in total. The van der Waals surface area contributed by atoms with Crippen LogP contribution in [0.15, 0.2) is 53.3 Å². The molecule has 5 heteroatoms. The zero-order valence-corrected chi connectivity index (χ0v) is 10.7. The molecule has 0 atom stereocenters. The van der Waals surface area contributed by atoms with E-state index in [0.717, 1.165) is 33.6 Å². The van der Waals surface area contributed by atoms with Crippen LogP contribution in [-0.4, -0.2) is 14.6 Å². The highest BCUT2D eigenvalue weighted by Crippen LogP contribution is 2.29. The van der Waals surface area contributed by atoms with Crippen LogP contribution in [0.25, 0.3) is 27.9 Å². The second-order valence-electron chi connectivity index (χ2n) is 4.59. The molecule has 20 heavy (non-hydrogen) atoms. The lowest BCUT2D eigenvalue weighted by atomic mass is 10.1. The fraction of sp³-hybridized carbons (Fsp3) is 0.0667. The van der Waals surface area contributed by atoms with E-state index >= 15 is 0 Å². The van der Waals surface area contributed by atoms with Crippen molar-refractivity contribution in [1.82, 2.24) is 14.6 Å². The molecule has 4 rings (SSSR count). The van der Waals surface area contributed by atoms with Gasteiger partial charge in [0.05, 0.1) is 17.6 Å². The van der Waals surface area contributed by atoms with Crippen molar-refractivity contribution in [1.29, 1.82) is 0 Å². The molecular weight excluding hydrogens is 252 g/mol. The summed E-state index contributed by atoms with van der Waals surface area (Å²) in [6.07, 6.45) is 3.48. The number of nitrogens with zero attached hydrogens (tertiary/aromatic N) is 3. The Morgan fingerprint density at radius 2 is 2.05 bits per heavy atom. The SMILES string of the molecule is NCc1cnc2ccc(-c3coc4ccccc34)nn12. The third-order valence-electron chi connectivity index (χ3n) is 3.40. The third kappa shape index (κ3) is 1.53. The maximum Gasteiger partial charge on any atom is 0.153 e. The number of imidazole rings is 1. The molecule has 3 heterocycles. The van der Waals surface area contributed by atoms with Gasteiger partial charge in [0.25, 0.3) is 0 Å². The molecule has 4 aromatic rings. The average molecular weight is 264 g/mol. The molecule has 5 nitrogen and oxygen atoms in total. The number of nitrogens with two attached hydrogens (primary N) is 1. The van der Waals surface area contributed by atoms with Crippen molar-refractivity contribution < 1.29 is 4.42 Å². The summed E-state index contributed by atoms with van der Waals surface area (Å²) in [5, 5.41) is 5.66. The number of para-hydroxylation sites is 1. The van der Waals surface area contributed by atoms with Crippen LogP contribution in [0.5, 0.6) is 0 Å². The van der Waals surface area contributed by atoms with Crippen molar-refractivity contribution in [2.45, 2.75) is 6.54 Å². The summed E-state index contributed by atoms with van der Waals surface area (Å²) in [6.45, 7) is 0.407. The van der Waals surface area contributed by atoms with Crippen LogP contribution >= 0.6 is 0 Å². The Bertz CT molecular complexity index is 906. The molecule has 0 spiro atoms. The van der Waals surface area contributed by atoms with Crippen LogP contribution in [0.3, 0.4) is 0 Å². The molecule has 0 aliphatic heterocycles. The van der Waals surface area contributed by atoms with E-state index in [0.29, 0.717) is 6.54 Å². The van der Waals surface area contributed by atoms with Crippen LogP contribution in [0.4, 0.5) is 0 Å². The van der Waals surface area contributed by atoms with E-state index in [4.69, 9.17) is 10.2 Å². The second-order valence-corrected chi connectivity index (χ2v) is 4.59. The van der Waals surface area contributed by atoms with E-state index in [2.05, 4.69) is 10.1 Å². The fourth-order valence-electron chi connectivity index (χ4n) is 2.38. The van der Waals surface area contributed by atoms with Gasteiger partial charge in [-0.25, -0.2) is 9.50 Å². The Morgan fingerprint density at radius 3 is 2.95 bits per heavy atom. The first-order chi connectivity index (χ1) is 9.86. The minimum atomic E-state index is 0.407. The third-order valence-corrected chi connectivity index (χ3v) is 3.40. The van der Waals surface area contributed by atoms with Gasteiger partial charge in [0.15, 0.2) is 5.65 Å². The van der Waals surface area contributed by atoms with Crippen LogP contribution in [-0.2, 0) is 6.54 Å². The van der Waals surface area contributed by atoms with Crippen LogP contribution in [0, 0.1) is 0 Å². The molecule has 0 unspecified atom stereocenters. The van der Waals surface area contributed by atoms with E-state index in [1.807, 2.05) is 36.4 Å². The Kier molecular flexibility index (Phi) is 2.34. The van der Waals surface area contributed by atoms with Gasteiger partial charge in [-0.1, -0.05) is 18.2 Å². The molecule has 0 aliphatic carbocycles. The zero-order valence-electron chi connectivity index (χ0n) is 10.7. The molecule has 0 aliphatic rings. The van der Waals surface area contributed by atoms with E-state index in [9.17, 15) is 0 Å². The van der Waals surface area contributed by atoms with Gasteiger partial charge < -0.3 is 10.2 Å². The molecule has 0 radical (unpaired) electrons. The van der Waals surface area contributed by atoms with Crippen molar-refractivity contribution in [2.75, 3.05) is 0 Å². The first-order valence-corrected chi connectivity index (χ1v) is 6.37. The Morgan fingerprint density at radius 1 is 1.15 bits per heavy atom. The zero-order chi connectivity index (χ0) is 13.5. The minimum absolute atomic E-state index is 0.407. The van der Waals surface area contributed by atoms with Gasteiger partial charge in [0.2, 0.25) is 0 Å². The molecule has 0 bridgehead atoms. The quantitative estimate of drug-likeness (QED) is 0.604. The van der Waals surface area contributed by atoms with Crippen LogP contribution in [0.1, 0.15) is 5.69 Å². The number of hydrogen-bond donors (Lipinski definition) is 1. The lowest BCUT2D eigenvalue weighted by Gasteiger charge is -2.01. The topological polar surface area (TPSA) is 69.3 Å². The molecule has 0 fully saturated rings. The predicted molar refractivity (Wildman–Crippen MR) is 76.1 cm³/mol. The summed E-state index contributed by atoms with van der Waals surface area (Å²) >= 11 is 0. The lowest BCUT2D eigenvalue weighted by molar-refractivity contribution is 0.616. The highest BCUT2D eigenvalue weighted by atomic mass is 16.3. The summed E-state index contributed by atoms with van der Waals surface area (Å²) in [5.41, 5.74) is 10.0. The summed E-state index contributed by atoms with van der Waals surface area (Å²) in [6, 6.07) is 11.8. The Balaban J connectivity index is 1.97. The van der Waals surface area contributed by atoms with E-state index in [-0.39, 0.29) is 0 Å². The van der Waals surface area contributed by atoms with Crippen molar-refractivity contribution >= 4 is 16.6 Å². The van der Waals surface area contributed by atoms with E-state index in [1.54, 1.807) is 17.0 Å². The number of benzene rings is 1. The van der Waals surface area contributed by atoms with Gasteiger partial charge in [0, 0.05) is 17.5 Å². The summed E-state index contributed by atoms with van der Waals surface area (Å²) < 4.78 is 7.34. The standard InChI is InChI=1S/C15H12N4O/c16-7-10-8-17-15-6-5-13(18-19(10)15)12-9-20-14-4-2-1-3-11(12)14/h1-6,8-9H,7,16H2. The summed E-state index contributed by atoms with van der Waals surface area (Å²) in [4.78, 5) is 4.27. The van der Waals surface area contributed by atoms with Crippen LogP contribution < -0.4 is 5.73 Å². The highest BCUT2D eigenvalue weighted by molar-refractivity contribution is 5.92. The molecule has 1 aromatic carbocycles. The maximum atomic E-state index is 5.70. The minimum Gasteiger partial charge on any atom is -0.464 e. The van der Waals surface area contributed by atoms with Gasteiger partial charge in [0.1, 0.15) is 11.8 Å². The van der Waals surface area contributed by atoms with Gasteiger partial charge in [-0.15, -0.1) is 0 Å². The number of aromatic nitrogens is 3. The molecule has 3 aromatic heterocycles. The van der Waals surface area contributed by atoms with E-state index < -0.39 is 0 Å². The van der Waals surface area contributed by atoms with Crippen LogP contribution in [0.2, 0.25) is 0 Å². The molecule has 0 saturated carbocycles.